The van der Waals surface area contributed by atoms with Gasteiger partial charge in [-0.2, -0.15) is 0 Å². The third kappa shape index (κ3) is 4.33. The highest BCUT2D eigenvalue weighted by molar-refractivity contribution is 5.79. The smallest absolute Gasteiger partial charge is 0.312 e. The molecule has 34 heavy (non-hydrogen) atoms. The molecule has 2 aromatic carbocycles. The number of aliphatic hydroxyl groups is 1. The summed E-state index contributed by atoms with van der Waals surface area (Å²) in [5.74, 6) is 0.203. The van der Waals surface area contributed by atoms with E-state index in [0.717, 1.165) is 44.9 Å². The molecule has 0 fully saturated rings. The first kappa shape index (κ1) is 23.6. The van der Waals surface area contributed by atoms with Crippen molar-refractivity contribution < 1.29 is 14.6 Å². The molecule has 0 saturated carbocycles. The molecule has 6 nitrogen and oxygen atoms in total. The Kier molecular flexibility index (Phi) is 6.53. The van der Waals surface area contributed by atoms with Gasteiger partial charge >= 0.3 is 5.97 Å². The van der Waals surface area contributed by atoms with Gasteiger partial charge < -0.3 is 9.84 Å². The van der Waals surface area contributed by atoms with Crippen LogP contribution in [0.15, 0.2) is 60.8 Å². The van der Waals surface area contributed by atoms with Crippen LogP contribution in [-0.2, 0) is 22.7 Å². The minimum atomic E-state index is -0.894. The van der Waals surface area contributed by atoms with E-state index < -0.39 is 5.41 Å². The molecule has 0 aliphatic carbocycles. The van der Waals surface area contributed by atoms with Gasteiger partial charge in [-0.25, -0.2) is 0 Å². The van der Waals surface area contributed by atoms with Gasteiger partial charge in [0.2, 0.25) is 0 Å². The first-order valence-corrected chi connectivity index (χ1v) is 11.5. The van der Waals surface area contributed by atoms with Crippen molar-refractivity contribution in [3.05, 3.63) is 100.0 Å². The van der Waals surface area contributed by atoms with Crippen LogP contribution in [0.3, 0.4) is 0 Å². The molecule has 2 heterocycles. The van der Waals surface area contributed by atoms with Gasteiger partial charge in [0.1, 0.15) is 12.4 Å². The lowest BCUT2D eigenvalue weighted by Crippen LogP contribution is -2.34. The maximum Gasteiger partial charge on any atom is 0.312 e. The van der Waals surface area contributed by atoms with Crippen LogP contribution >= 0.6 is 0 Å². The van der Waals surface area contributed by atoms with Crippen LogP contribution in [0, 0.1) is 26.2 Å². The second-order valence-electron chi connectivity index (χ2n) is 9.40. The number of hydrogen-bond acceptors (Lipinski definition) is 5. The molecule has 0 unspecified atom stereocenters. The Balaban J connectivity index is 1.80. The Morgan fingerprint density at radius 1 is 1.06 bits per heavy atom. The molecule has 0 saturated heterocycles. The van der Waals surface area contributed by atoms with E-state index in [1.165, 1.54) is 0 Å². The Hall–Kier alpha value is -3.51. The van der Waals surface area contributed by atoms with Gasteiger partial charge in [-0.15, -0.1) is 10.2 Å². The molecule has 4 rings (SSSR count). The highest BCUT2D eigenvalue weighted by Crippen LogP contribution is 2.44. The van der Waals surface area contributed by atoms with Crippen molar-refractivity contribution in [2.75, 3.05) is 0 Å². The molecule has 4 aromatic rings. The maximum absolute atomic E-state index is 13.5. The van der Waals surface area contributed by atoms with Crippen molar-refractivity contribution in [1.82, 2.24) is 14.6 Å². The normalized spacial score (nSPS) is 12.6. The minimum Gasteiger partial charge on any atom is -0.460 e. The average Bonchev–Trinajstić information content (AvgIpc) is 3.22. The van der Waals surface area contributed by atoms with Crippen LogP contribution in [0.2, 0.25) is 0 Å². The summed E-state index contributed by atoms with van der Waals surface area (Å²) in [6.45, 7) is 9.89. The first-order valence-electron chi connectivity index (χ1n) is 11.5. The summed E-state index contributed by atoms with van der Waals surface area (Å²) >= 11 is 0. The monoisotopic (exact) mass is 457 g/mol. The molecule has 176 valence electrons. The van der Waals surface area contributed by atoms with Crippen LogP contribution in [0.25, 0.3) is 5.65 Å². The van der Waals surface area contributed by atoms with Crippen LogP contribution in [0.4, 0.5) is 0 Å². The van der Waals surface area contributed by atoms with Crippen LogP contribution < -0.4 is 0 Å². The number of nitrogens with zero attached hydrogens (tertiary/aromatic N) is 3. The molecule has 0 aliphatic heterocycles. The van der Waals surface area contributed by atoms with Gasteiger partial charge in [0, 0.05) is 12.1 Å². The maximum atomic E-state index is 13.5. The summed E-state index contributed by atoms with van der Waals surface area (Å²) in [6, 6.07) is 17.7. The summed E-state index contributed by atoms with van der Waals surface area (Å²) in [5.41, 5.74) is 5.55. The number of carbonyl (C=O) groups is 1. The molecule has 0 amide bonds. The number of aliphatic hydroxyl groups excluding tert-OH is 1. The summed E-state index contributed by atoms with van der Waals surface area (Å²) in [6.07, 6.45) is 1.95. The number of rotatable bonds is 7. The zero-order valence-electron chi connectivity index (χ0n) is 20.4. The van der Waals surface area contributed by atoms with Crippen molar-refractivity contribution in [2.45, 2.75) is 53.8 Å². The molecular weight excluding hydrogens is 426 g/mol. The van der Waals surface area contributed by atoms with Crippen LogP contribution in [0.5, 0.6) is 0 Å². The third-order valence-corrected chi connectivity index (χ3v) is 6.69. The molecule has 1 atom stereocenters. The first-order chi connectivity index (χ1) is 16.2. The minimum absolute atomic E-state index is 0.0628. The molecular formula is C28H31N3O3. The largest absolute Gasteiger partial charge is 0.460 e. The summed E-state index contributed by atoms with van der Waals surface area (Å²) in [7, 11) is 0. The quantitative estimate of drug-likeness (QED) is 0.393. The Morgan fingerprint density at radius 2 is 1.79 bits per heavy atom. The lowest BCUT2D eigenvalue weighted by molar-refractivity contribution is -0.156. The summed E-state index contributed by atoms with van der Waals surface area (Å²) < 4.78 is 7.76. The Labute approximate surface area is 200 Å². The number of ether oxygens (including phenoxy) is 1. The van der Waals surface area contributed by atoms with E-state index in [9.17, 15) is 9.90 Å². The topological polar surface area (TPSA) is 76.7 Å². The highest BCUT2D eigenvalue weighted by atomic mass is 16.5. The summed E-state index contributed by atoms with van der Waals surface area (Å²) in [4.78, 5) is 13.5. The Morgan fingerprint density at radius 3 is 2.50 bits per heavy atom. The second-order valence-corrected chi connectivity index (χ2v) is 9.40. The second kappa shape index (κ2) is 9.39. The number of fused-ring (bicyclic) bond motifs is 1. The SMILES string of the molecule is Cc1ccc([C@H](c2ccn3c(C)nnc3c2C)C(C)(C)C(=O)OCc2ccccc2)cc1CO. The van der Waals surface area contributed by atoms with E-state index in [0.29, 0.717) is 0 Å². The van der Waals surface area contributed by atoms with Gasteiger partial charge in [0.15, 0.2) is 5.65 Å². The van der Waals surface area contributed by atoms with Gasteiger partial charge in [0.05, 0.1) is 12.0 Å². The zero-order valence-corrected chi connectivity index (χ0v) is 20.4. The van der Waals surface area contributed by atoms with Gasteiger partial charge in [-0.3, -0.25) is 9.20 Å². The Bertz CT molecular complexity index is 1330. The number of hydrogen-bond donors (Lipinski definition) is 1. The van der Waals surface area contributed by atoms with Gasteiger partial charge in [-0.1, -0.05) is 48.5 Å². The number of esters is 1. The van der Waals surface area contributed by atoms with Crippen molar-refractivity contribution in [2.24, 2.45) is 5.41 Å². The van der Waals surface area contributed by atoms with Crippen molar-refractivity contribution in [3.8, 4) is 0 Å². The molecule has 0 bridgehead atoms. The number of pyridine rings is 1. The molecule has 0 radical (unpaired) electrons. The van der Waals surface area contributed by atoms with Crippen LogP contribution in [-0.4, -0.2) is 25.7 Å². The number of aryl methyl sites for hydroxylation is 3. The van der Waals surface area contributed by atoms with Crippen LogP contribution in [0.1, 0.15) is 59.0 Å². The van der Waals surface area contributed by atoms with E-state index in [-0.39, 0.29) is 25.1 Å². The fourth-order valence-corrected chi connectivity index (χ4v) is 4.58. The molecule has 0 spiro atoms. The highest BCUT2D eigenvalue weighted by Gasteiger charge is 2.41. The van der Waals surface area contributed by atoms with Crippen molar-refractivity contribution >= 4 is 11.6 Å². The molecule has 6 heteroatoms. The van der Waals surface area contributed by atoms with Crippen molar-refractivity contribution in [3.63, 3.8) is 0 Å². The number of aromatic nitrogens is 3. The lowest BCUT2D eigenvalue weighted by Gasteiger charge is -2.34. The predicted octanol–water partition coefficient (Wildman–Crippen LogP) is 5.05. The van der Waals surface area contributed by atoms with Gasteiger partial charge in [-0.05, 0) is 74.1 Å². The fraction of sp³-hybridized carbons (Fsp3) is 0.321. The number of carbonyl (C=O) groups excluding carboxylic acids is 1. The molecule has 0 aliphatic rings. The van der Waals surface area contributed by atoms with E-state index >= 15 is 0 Å². The van der Waals surface area contributed by atoms with E-state index in [1.54, 1.807) is 0 Å². The fourth-order valence-electron chi connectivity index (χ4n) is 4.58. The van der Waals surface area contributed by atoms with Crippen molar-refractivity contribution in [1.29, 1.82) is 0 Å². The lowest BCUT2D eigenvalue weighted by atomic mass is 9.70. The van der Waals surface area contributed by atoms with E-state index in [4.69, 9.17) is 4.74 Å². The van der Waals surface area contributed by atoms with E-state index in [1.807, 2.05) is 99.8 Å². The standard InChI is InChI=1S/C28H31N3O3/c1-18-11-12-22(15-23(18)16-32)25(24-13-14-31-20(3)29-30-26(31)19(24)2)28(4,5)27(33)34-17-21-9-7-6-8-10-21/h6-15,25,32H,16-17H2,1-5H3/t25-/m1/s1. The third-order valence-electron chi connectivity index (χ3n) is 6.69. The summed E-state index contributed by atoms with van der Waals surface area (Å²) in [5, 5.41) is 18.5. The zero-order chi connectivity index (χ0) is 24.5. The average molecular weight is 458 g/mol. The molecule has 2 aromatic heterocycles. The predicted molar refractivity (Wildman–Crippen MR) is 131 cm³/mol. The molecule has 1 N–H and O–H groups in total. The van der Waals surface area contributed by atoms with Gasteiger partial charge in [0.25, 0.3) is 0 Å². The van der Waals surface area contributed by atoms with E-state index in [2.05, 4.69) is 10.2 Å². The number of benzene rings is 2.